The van der Waals surface area contributed by atoms with Crippen molar-refractivity contribution in [3.63, 3.8) is 0 Å². The van der Waals surface area contributed by atoms with E-state index in [4.69, 9.17) is 0 Å². The Morgan fingerprint density at radius 1 is 0.645 bits per heavy atom. The number of hydrogen-bond acceptors (Lipinski definition) is 3. The SMILES string of the molecule is CC(C)(O)C(C)(O)Cc1ccc(N(c2ccccc2)c2cccc3ccccc23)cc1. The summed E-state index contributed by atoms with van der Waals surface area (Å²) < 4.78 is 0. The molecule has 0 aliphatic carbocycles. The summed E-state index contributed by atoms with van der Waals surface area (Å²) in [5.41, 5.74) is 1.79. The average Bonchev–Trinajstić information content (AvgIpc) is 2.75. The van der Waals surface area contributed by atoms with Gasteiger partial charge in [0.15, 0.2) is 0 Å². The molecule has 0 saturated heterocycles. The molecule has 0 spiro atoms. The van der Waals surface area contributed by atoms with Crippen LogP contribution in [-0.2, 0) is 6.42 Å². The Morgan fingerprint density at radius 2 is 1.23 bits per heavy atom. The van der Waals surface area contributed by atoms with Gasteiger partial charge in [0.25, 0.3) is 0 Å². The van der Waals surface area contributed by atoms with E-state index < -0.39 is 11.2 Å². The normalized spacial score (nSPS) is 13.7. The molecule has 4 aromatic rings. The van der Waals surface area contributed by atoms with E-state index in [1.54, 1.807) is 20.8 Å². The van der Waals surface area contributed by atoms with Crippen LogP contribution in [0.25, 0.3) is 10.8 Å². The number of fused-ring (bicyclic) bond motifs is 1. The minimum absolute atomic E-state index is 0.371. The van der Waals surface area contributed by atoms with Gasteiger partial charge in [0, 0.05) is 23.2 Å². The highest BCUT2D eigenvalue weighted by Gasteiger charge is 2.37. The molecule has 31 heavy (non-hydrogen) atoms. The van der Waals surface area contributed by atoms with Crippen molar-refractivity contribution < 1.29 is 10.2 Å². The Morgan fingerprint density at radius 3 is 1.90 bits per heavy atom. The Labute approximate surface area is 184 Å². The first-order chi connectivity index (χ1) is 14.8. The van der Waals surface area contributed by atoms with E-state index in [9.17, 15) is 10.2 Å². The molecule has 0 amide bonds. The van der Waals surface area contributed by atoms with Gasteiger partial charge >= 0.3 is 0 Å². The van der Waals surface area contributed by atoms with E-state index in [0.29, 0.717) is 6.42 Å². The zero-order valence-electron chi connectivity index (χ0n) is 18.3. The molecular weight excluding hydrogens is 382 g/mol. The van der Waals surface area contributed by atoms with Crippen molar-refractivity contribution in [2.24, 2.45) is 0 Å². The third kappa shape index (κ3) is 4.34. The van der Waals surface area contributed by atoms with Crippen molar-refractivity contribution in [2.75, 3.05) is 4.90 Å². The van der Waals surface area contributed by atoms with Crippen LogP contribution in [0.1, 0.15) is 26.3 Å². The topological polar surface area (TPSA) is 43.7 Å². The molecule has 158 valence electrons. The fraction of sp³-hybridized carbons (Fsp3) is 0.214. The number of rotatable bonds is 6. The van der Waals surface area contributed by atoms with Crippen molar-refractivity contribution in [1.29, 1.82) is 0 Å². The first-order valence-corrected chi connectivity index (χ1v) is 10.6. The van der Waals surface area contributed by atoms with Gasteiger partial charge in [-0.15, -0.1) is 0 Å². The van der Waals surface area contributed by atoms with Gasteiger partial charge < -0.3 is 15.1 Å². The zero-order chi connectivity index (χ0) is 22.1. The van der Waals surface area contributed by atoms with Crippen LogP contribution in [-0.4, -0.2) is 21.4 Å². The van der Waals surface area contributed by atoms with Gasteiger partial charge in [-0.2, -0.15) is 0 Å². The molecule has 0 aromatic heterocycles. The second-order valence-electron chi connectivity index (χ2n) is 8.85. The molecule has 1 atom stereocenters. The summed E-state index contributed by atoms with van der Waals surface area (Å²) in [6, 6.07) is 33.3. The van der Waals surface area contributed by atoms with Crippen molar-refractivity contribution in [2.45, 2.75) is 38.4 Å². The molecule has 1 unspecified atom stereocenters. The third-order valence-electron chi connectivity index (χ3n) is 6.08. The highest BCUT2D eigenvalue weighted by Crippen LogP contribution is 2.39. The molecule has 3 heteroatoms. The van der Waals surface area contributed by atoms with E-state index in [1.165, 1.54) is 10.8 Å². The van der Waals surface area contributed by atoms with Crippen LogP contribution in [0.3, 0.4) is 0 Å². The fourth-order valence-corrected chi connectivity index (χ4v) is 3.78. The largest absolute Gasteiger partial charge is 0.387 e. The number of benzene rings is 4. The number of anilines is 3. The van der Waals surface area contributed by atoms with Crippen LogP contribution >= 0.6 is 0 Å². The highest BCUT2D eigenvalue weighted by atomic mass is 16.3. The van der Waals surface area contributed by atoms with E-state index in [-0.39, 0.29) is 0 Å². The molecule has 4 aromatic carbocycles. The number of aliphatic hydroxyl groups is 2. The Balaban J connectivity index is 1.77. The minimum atomic E-state index is -1.22. The van der Waals surface area contributed by atoms with E-state index >= 15 is 0 Å². The van der Waals surface area contributed by atoms with Gasteiger partial charge in [-0.1, -0.05) is 66.7 Å². The van der Waals surface area contributed by atoms with E-state index in [2.05, 4.69) is 71.6 Å². The fourth-order valence-electron chi connectivity index (χ4n) is 3.78. The van der Waals surface area contributed by atoms with Gasteiger partial charge in [0.1, 0.15) is 0 Å². The summed E-state index contributed by atoms with van der Waals surface area (Å²) in [6.45, 7) is 4.95. The Hall–Kier alpha value is -3.14. The van der Waals surface area contributed by atoms with Crippen molar-refractivity contribution in [3.05, 3.63) is 103 Å². The molecule has 0 saturated carbocycles. The van der Waals surface area contributed by atoms with Gasteiger partial charge in [-0.05, 0) is 62.1 Å². The van der Waals surface area contributed by atoms with Crippen molar-refractivity contribution in [1.82, 2.24) is 0 Å². The quantitative estimate of drug-likeness (QED) is 0.387. The van der Waals surface area contributed by atoms with Gasteiger partial charge in [-0.25, -0.2) is 0 Å². The van der Waals surface area contributed by atoms with Crippen molar-refractivity contribution in [3.8, 4) is 0 Å². The maximum absolute atomic E-state index is 10.7. The van der Waals surface area contributed by atoms with Crippen molar-refractivity contribution >= 4 is 27.8 Å². The Kier molecular flexibility index (Phi) is 5.57. The maximum Gasteiger partial charge on any atom is 0.0940 e. The lowest BCUT2D eigenvalue weighted by Gasteiger charge is -2.36. The first kappa shape index (κ1) is 21.1. The smallest absolute Gasteiger partial charge is 0.0940 e. The molecule has 0 aliphatic rings. The standard InChI is InChI=1S/C28H29NO2/c1-27(2,30)28(3,31)20-21-16-18-24(19-17-21)29(23-12-5-4-6-13-23)26-15-9-11-22-10-7-8-14-25(22)26/h4-19,30-31H,20H2,1-3H3. The molecule has 0 radical (unpaired) electrons. The monoisotopic (exact) mass is 411 g/mol. The summed E-state index contributed by atoms with van der Waals surface area (Å²) in [5.74, 6) is 0. The molecule has 3 nitrogen and oxygen atoms in total. The van der Waals surface area contributed by atoms with Crippen LogP contribution in [0.5, 0.6) is 0 Å². The van der Waals surface area contributed by atoms with Gasteiger partial charge in [-0.3, -0.25) is 0 Å². The maximum atomic E-state index is 10.7. The van der Waals surface area contributed by atoms with Crippen LogP contribution < -0.4 is 4.90 Å². The zero-order valence-corrected chi connectivity index (χ0v) is 18.3. The van der Waals surface area contributed by atoms with E-state index in [1.807, 2.05) is 30.3 Å². The second kappa shape index (κ2) is 8.18. The summed E-state index contributed by atoms with van der Waals surface area (Å²) in [7, 11) is 0. The Bertz CT molecular complexity index is 1150. The lowest BCUT2D eigenvalue weighted by atomic mass is 9.82. The van der Waals surface area contributed by atoms with Crippen LogP contribution in [0.4, 0.5) is 17.1 Å². The number of hydrogen-bond donors (Lipinski definition) is 2. The number of nitrogens with zero attached hydrogens (tertiary/aromatic N) is 1. The van der Waals surface area contributed by atoms with Crippen LogP contribution in [0.15, 0.2) is 97.1 Å². The predicted octanol–water partition coefficient (Wildman–Crippen LogP) is 6.37. The van der Waals surface area contributed by atoms with Crippen LogP contribution in [0.2, 0.25) is 0 Å². The van der Waals surface area contributed by atoms with E-state index in [0.717, 1.165) is 22.6 Å². The third-order valence-corrected chi connectivity index (χ3v) is 6.08. The molecule has 2 N–H and O–H groups in total. The molecule has 0 heterocycles. The van der Waals surface area contributed by atoms with Gasteiger partial charge in [0.2, 0.25) is 0 Å². The number of para-hydroxylation sites is 1. The first-order valence-electron chi connectivity index (χ1n) is 10.6. The summed E-state index contributed by atoms with van der Waals surface area (Å²) in [6.07, 6.45) is 0.371. The minimum Gasteiger partial charge on any atom is -0.387 e. The average molecular weight is 412 g/mol. The molecule has 0 bridgehead atoms. The van der Waals surface area contributed by atoms with Crippen LogP contribution in [0, 0.1) is 0 Å². The summed E-state index contributed by atoms with van der Waals surface area (Å²) in [4.78, 5) is 2.25. The lowest BCUT2D eigenvalue weighted by Crippen LogP contribution is -2.49. The predicted molar refractivity (Wildman–Crippen MR) is 129 cm³/mol. The highest BCUT2D eigenvalue weighted by molar-refractivity contribution is 5.98. The molecular formula is C28H29NO2. The molecule has 0 fully saturated rings. The summed E-state index contributed by atoms with van der Waals surface area (Å²) >= 11 is 0. The molecule has 0 aliphatic heterocycles. The lowest BCUT2D eigenvalue weighted by molar-refractivity contribution is -0.118. The molecule has 4 rings (SSSR count). The second-order valence-corrected chi connectivity index (χ2v) is 8.85. The summed E-state index contributed by atoms with van der Waals surface area (Å²) in [5, 5.41) is 23.4. The van der Waals surface area contributed by atoms with Gasteiger partial charge in [0.05, 0.1) is 16.9 Å².